The number of aromatic hydroxyl groups is 1. The number of rotatable bonds is 2. The van der Waals surface area contributed by atoms with Gasteiger partial charge in [0.25, 0.3) is 5.91 Å². The first kappa shape index (κ1) is 15.4. The molecule has 0 aliphatic carbocycles. The van der Waals surface area contributed by atoms with Crippen LogP contribution in [0.1, 0.15) is 0 Å². The molecule has 1 amide bonds. The molecule has 0 unspecified atom stereocenters. The van der Waals surface area contributed by atoms with Gasteiger partial charge in [0.1, 0.15) is 23.7 Å². The van der Waals surface area contributed by atoms with Crippen LogP contribution in [-0.4, -0.2) is 36.2 Å². The second-order valence-corrected chi connectivity index (χ2v) is 7.04. The van der Waals surface area contributed by atoms with E-state index in [0.717, 1.165) is 6.07 Å². The van der Waals surface area contributed by atoms with Crippen LogP contribution in [0.15, 0.2) is 36.4 Å². The molecule has 0 atom stereocenters. The third-order valence-corrected chi connectivity index (χ3v) is 5.27. The SMILES string of the molecule is O=C1CN(c2c(O)ccc(-c3n[nH]c4ccccc34)c2F)S(=O)(=O)N1. The minimum Gasteiger partial charge on any atom is -0.506 e. The fourth-order valence-electron chi connectivity index (χ4n) is 2.79. The molecule has 2 heterocycles. The minimum atomic E-state index is -4.26. The fourth-order valence-corrected chi connectivity index (χ4v) is 3.95. The van der Waals surface area contributed by atoms with E-state index in [-0.39, 0.29) is 11.3 Å². The zero-order valence-corrected chi connectivity index (χ0v) is 13.3. The van der Waals surface area contributed by atoms with E-state index in [4.69, 9.17) is 0 Å². The van der Waals surface area contributed by atoms with E-state index in [0.29, 0.717) is 15.2 Å². The van der Waals surface area contributed by atoms with E-state index < -0.39 is 39.9 Å². The number of aromatic nitrogens is 2. The molecule has 128 valence electrons. The van der Waals surface area contributed by atoms with E-state index in [1.807, 2.05) is 0 Å². The van der Waals surface area contributed by atoms with Gasteiger partial charge in [0.15, 0.2) is 5.82 Å². The van der Waals surface area contributed by atoms with E-state index in [1.165, 1.54) is 6.07 Å². The number of phenolic OH excluding ortho intramolecular Hbond substituents is 1. The molecule has 1 fully saturated rings. The Balaban J connectivity index is 1.94. The Morgan fingerprint density at radius 2 is 1.96 bits per heavy atom. The molecule has 0 radical (unpaired) electrons. The van der Waals surface area contributed by atoms with E-state index in [2.05, 4.69) is 10.2 Å². The van der Waals surface area contributed by atoms with E-state index in [9.17, 15) is 18.3 Å². The van der Waals surface area contributed by atoms with Gasteiger partial charge in [-0.3, -0.25) is 9.89 Å². The highest BCUT2D eigenvalue weighted by Crippen LogP contribution is 2.39. The molecule has 0 saturated carbocycles. The molecule has 25 heavy (non-hydrogen) atoms. The third kappa shape index (κ3) is 2.30. The van der Waals surface area contributed by atoms with Gasteiger partial charge < -0.3 is 5.11 Å². The monoisotopic (exact) mass is 362 g/mol. The summed E-state index contributed by atoms with van der Waals surface area (Å²) in [6.07, 6.45) is 0. The van der Waals surface area contributed by atoms with Crippen LogP contribution < -0.4 is 9.03 Å². The van der Waals surface area contributed by atoms with Crippen molar-refractivity contribution < 1.29 is 22.7 Å². The number of anilines is 1. The van der Waals surface area contributed by atoms with Crippen LogP contribution in [0.5, 0.6) is 5.75 Å². The molecule has 8 nitrogen and oxygen atoms in total. The maximum absolute atomic E-state index is 15.1. The number of nitrogens with zero attached hydrogens (tertiary/aromatic N) is 2. The summed E-state index contributed by atoms with van der Waals surface area (Å²) in [5, 5.41) is 17.5. The Morgan fingerprint density at radius 1 is 1.20 bits per heavy atom. The first-order valence-electron chi connectivity index (χ1n) is 7.17. The molecule has 2 aromatic carbocycles. The van der Waals surface area contributed by atoms with Crippen molar-refractivity contribution in [2.24, 2.45) is 0 Å². The lowest BCUT2D eigenvalue weighted by atomic mass is 10.1. The molecular weight excluding hydrogens is 351 g/mol. The molecule has 1 aliphatic rings. The van der Waals surface area contributed by atoms with Crippen molar-refractivity contribution in [3.63, 3.8) is 0 Å². The summed E-state index contributed by atoms with van der Waals surface area (Å²) in [5.74, 6) is -2.40. The summed E-state index contributed by atoms with van der Waals surface area (Å²) in [5.41, 5.74) is 0.352. The number of phenols is 1. The summed E-state index contributed by atoms with van der Waals surface area (Å²) in [6.45, 7) is -0.614. The van der Waals surface area contributed by atoms with Gasteiger partial charge in [0.2, 0.25) is 0 Å². The highest BCUT2D eigenvalue weighted by Gasteiger charge is 2.38. The van der Waals surface area contributed by atoms with Crippen molar-refractivity contribution in [1.29, 1.82) is 0 Å². The zero-order chi connectivity index (χ0) is 17.8. The largest absolute Gasteiger partial charge is 0.506 e. The number of fused-ring (bicyclic) bond motifs is 1. The lowest BCUT2D eigenvalue weighted by Gasteiger charge is -2.18. The van der Waals surface area contributed by atoms with Gasteiger partial charge in [-0.2, -0.15) is 13.5 Å². The molecule has 0 spiro atoms. The van der Waals surface area contributed by atoms with Gasteiger partial charge in [-0.15, -0.1) is 0 Å². The van der Waals surface area contributed by atoms with Gasteiger partial charge in [-0.25, -0.2) is 13.4 Å². The standard InChI is InChI=1S/C15H11FN4O4S/c16-13-9(14-8-3-1-2-4-10(8)17-18-14)5-6-11(21)15(13)20-7-12(22)19-25(20,23)24/h1-6,21H,7H2,(H,17,18)(H,19,22). The van der Waals surface area contributed by atoms with Crippen LogP contribution in [0.25, 0.3) is 22.2 Å². The number of nitrogens with one attached hydrogen (secondary N) is 2. The normalized spacial score (nSPS) is 16.4. The first-order chi connectivity index (χ1) is 11.9. The number of carbonyl (C=O) groups is 1. The highest BCUT2D eigenvalue weighted by molar-refractivity contribution is 7.92. The average Bonchev–Trinajstić information content (AvgIpc) is 3.08. The number of carbonyl (C=O) groups excluding carboxylic acids is 1. The summed E-state index contributed by atoms with van der Waals surface area (Å²) in [7, 11) is -4.26. The Kier molecular flexibility index (Phi) is 3.19. The van der Waals surface area contributed by atoms with Crippen molar-refractivity contribution in [2.75, 3.05) is 10.8 Å². The van der Waals surface area contributed by atoms with Crippen LogP contribution in [0.2, 0.25) is 0 Å². The average molecular weight is 362 g/mol. The summed E-state index contributed by atoms with van der Waals surface area (Å²) >= 11 is 0. The minimum absolute atomic E-state index is 0.000186. The molecule has 3 N–H and O–H groups in total. The summed E-state index contributed by atoms with van der Waals surface area (Å²) in [6, 6.07) is 9.51. The molecule has 1 aliphatic heterocycles. The maximum atomic E-state index is 15.1. The predicted molar refractivity (Wildman–Crippen MR) is 87.6 cm³/mol. The van der Waals surface area contributed by atoms with Crippen molar-refractivity contribution in [3.8, 4) is 17.0 Å². The van der Waals surface area contributed by atoms with Gasteiger partial charge in [-0.05, 0) is 18.2 Å². The van der Waals surface area contributed by atoms with Gasteiger partial charge >= 0.3 is 10.2 Å². The Hall–Kier alpha value is -3.14. The number of hydrogen-bond acceptors (Lipinski definition) is 5. The predicted octanol–water partition coefficient (Wildman–Crippen LogP) is 1.26. The zero-order valence-electron chi connectivity index (χ0n) is 12.5. The quantitative estimate of drug-likeness (QED) is 0.635. The molecule has 0 bridgehead atoms. The summed E-state index contributed by atoms with van der Waals surface area (Å²) < 4.78 is 41.3. The lowest BCUT2D eigenvalue weighted by Crippen LogP contribution is -2.30. The Morgan fingerprint density at radius 3 is 2.68 bits per heavy atom. The van der Waals surface area contributed by atoms with Crippen LogP contribution in [0.3, 0.4) is 0 Å². The number of H-pyrrole nitrogens is 1. The molecular formula is C15H11FN4O4S. The fraction of sp³-hybridized carbons (Fsp3) is 0.0667. The van der Waals surface area contributed by atoms with Crippen molar-refractivity contribution in [2.45, 2.75) is 0 Å². The van der Waals surface area contributed by atoms with E-state index in [1.54, 1.807) is 29.0 Å². The number of amides is 1. The smallest absolute Gasteiger partial charge is 0.326 e. The van der Waals surface area contributed by atoms with Gasteiger partial charge in [0.05, 0.1) is 5.52 Å². The highest BCUT2D eigenvalue weighted by atomic mass is 32.2. The van der Waals surface area contributed by atoms with Crippen molar-refractivity contribution >= 4 is 32.7 Å². The summed E-state index contributed by atoms with van der Waals surface area (Å²) in [4.78, 5) is 11.4. The van der Waals surface area contributed by atoms with Crippen LogP contribution in [-0.2, 0) is 15.0 Å². The van der Waals surface area contributed by atoms with Crippen molar-refractivity contribution in [1.82, 2.24) is 14.9 Å². The molecule has 1 aromatic heterocycles. The number of halogens is 1. The lowest BCUT2D eigenvalue weighted by molar-refractivity contribution is -0.117. The van der Waals surface area contributed by atoms with Crippen LogP contribution in [0.4, 0.5) is 10.1 Å². The van der Waals surface area contributed by atoms with Crippen LogP contribution >= 0.6 is 0 Å². The van der Waals surface area contributed by atoms with Crippen molar-refractivity contribution in [3.05, 3.63) is 42.2 Å². The topological polar surface area (TPSA) is 115 Å². The van der Waals surface area contributed by atoms with Crippen LogP contribution in [0, 0.1) is 5.82 Å². The van der Waals surface area contributed by atoms with Gasteiger partial charge in [-0.1, -0.05) is 18.2 Å². The second kappa shape index (κ2) is 5.18. The number of para-hydroxylation sites is 1. The van der Waals surface area contributed by atoms with Gasteiger partial charge in [0, 0.05) is 10.9 Å². The molecule has 1 saturated heterocycles. The third-order valence-electron chi connectivity index (χ3n) is 3.89. The number of benzene rings is 2. The molecule has 10 heteroatoms. The molecule has 3 aromatic rings. The first-order valence-corrected chi connectivity index (χ1v) is 8.61. The Bertz CT molecular complexity index is 1130. The Labute approximate surface area is 141 Å². The van der Waals surface area contributed by atoms with E-state index >= 15 is 4.39 Å². The number of hydrogen-bond donors (Lipinski definition) is 3. The maximum Gasteiger partial charge on any atom is 0.326 e. The second-order valence-electron chi connectivity index (χ2n) is 5.45. The molecule has 4 rings (SSSR count). The number of aromatic amines is 1.